The number of carbonyl (C=O) groups excluding carboxylic acids is 1. The zero-order chi connectivity index (χ0) is 11.7. The molecule has 90 valence electrons. The van der Waals surface area contributed by atoms with Gasteiger partial charge in [0.15, 0.2) is 0 Å². The molecular weight excluding hydrogens is 188 g/mol. The molecule has 0 saturated heterocycles. The van der Waals surface area contributed by atoms with Gasteiger partial charge in [-0.15, -0.1) is 0 Å². The van der Waals surface area contributed by atoms with Crippen molar-refractivity contribution in [3.63, 3.8) is 0 Å². The maximum Gasteiger partial charge on any atom is 0.234 e. The summed E-state index contributed by atoms with van der Waals surface area (Å²) in [6, 6.07) is 0.285. The Bertz CT molecular complexity index is 167. The zero-order valence-corrected chi connectivity index (χ0v) is 10.6. The molecule has 2 N–H and O–H groups in total. The molecule has 0 bridgehead atoms. The van der Waals surface area contributed by atoms with Gasteiger partial charge in [0.05, 0.1) is 6.54 Å². The summed E-state index contributed by atoms with van der Waals surface area (Å²) in [6.45, 7) is 9.87. The van der Waals surface area contributed by atoms with Crippen LogP contribution in [-0.4, -0.2) is 25.0 Å². The van der Waals surface area contributed by atoms with Gasteiger partial charge in [0.25, 0.3) is 0 Å². The Balaban J connectivity index is 3.54. The number of amides is 1. The Morgan fingerprint density at radius 1 is 1.13 bits per heavy atom. The third-order valence-electron chi connectivity index (χ3n) is 2.89. The van der Waals surface area contributed by atoms with Crippen LogP contribution in [0.5, 0.6) is 0 Å². The van der Waals surface area contributed by atoms with Gasteiger partial charge in [-0.2, -0.15) is 0 Å². The predicted molar refractivity (Wildman–Crippen MR) is 64.8 cm³/mol. The second kappa shape index (κ2) is 8.72. The minimum absolute atomic E-state index is 0.107. The topological polar surface area (TPSA) is 41.1 Å². The molecule has 0 aromatic rings. The molecule has 1 unspecified atom stereocenters. The summed E-state index contributed by atoms with van der Waals surface area (Å²) in [5, 5.41) is 6.14. The highest BCUT2D eigenvalue weighted by Crippen LogP contribution is 2.04. The van der Waals surface area contributed by atoms with Crippen molar-refractivity contribution in [2.24, 2.45) is 5.92 Å². The Hall–Kier alpha value is -0.570. The Kier molecular flexibility index (Phi) is 8.38. The largest absolute Gasteiger partial charge is 0.353 e. The van der Waals surface area contributed by atoms with Crippen LogP contribution in [0.15, 0.2) is 0 Å². The molecule has 0 aliphatic rings. The first-order valence-corrected chi connectivity index (χ1v) is 6.14. The first-order chi connectivity index (χ1) is 7.13. The van der Waals surface area contributed by atoms with Crippen molar-refractivity contribution in [2.75, 3.05) is 13.1 Å². The van der Waals surface area contributed by atoms with Crippen LogP contribution in [0, 0.1) is 5.92 Å². The van der Waals surface area contributed by atoms with Gasteiger partial charge in [0, 0.05) is 6.04 Å². The van der Waals surface area contributed by atoms with E-state index in [1.54, 1.807) is 0 Å². The van der Waals surface area contributed by atoms with Crippen molar-refractivity contribution in [1.82, 2.24) is 10.6 Å². The summed E-state index contributed by atoms with van der Waals surface area (Å²) < 4.78 is 0. The molecule has 0 heterocycles. The Morgan fingerprint density at radius 2 is 1.73 bits per heavy atom. The van der Waals surface area contributed by atoms with Gasteiger partial charge in [-0.1, -0.05) is 33.6 Å². The maximum absolute atomic E-state index is 11.4. The standard InChI is InChI=1S/C12H26N2O/c1-5-10(4)14-12(15)9-13-8-11(6-2)7-3/h10-11,13H,5-9H2,1-4H3,(H,14,15). The van der Waals surface area contributed by atoms with Crippen molar-refractivity contribution in [3.05, 3.63) is 0 Å². The van der Waals surface area contributed by atoms with Gasteiger partial charge in [0.1, 0.15) is 0 Å². The second-order valence-electron chi connectivity index (χ2n) is 4.19. The summed E-state index contributed by atoms with van der Waals surface area (Å²) >= 11 is 0. The van der Waals surface area contributed by atoms with E-state index in [0.29, 0.717) is 12.5 Å². The molecular formula is C12H26N2O. The summed E-state index contributed by atoms with van der Waals surface area (Å²) in [7, 11) is 0. The monoisotopic (exact) mass is 214 g/mol. The van der Waals surface area contributed by atoms with E-state index in [9.17, 15) is 4.79 Å². The molecule has 0 spiro atoms. The average molecular weight is 214 g/mol. The predicted octanol–water partition coefficient (Wildman–Crippen LogP) is 1.93. The SMILES string of the molecule is CCC(CC)CNCC(=O)NC(C)CC. The maximum atomic E-state index is 11.4. The van der Waals surface area contributed by atoms with Crippen LogP contribution in [0.3, 0.4) is 0 Å². The molecule has 0 aromatic carbocycles. The molecule has 0 aliphatic carbocycles. The third-order valence-corrected chi connectivity index (χ3v) is 2.89. The van der Waals surface area contributed by atoms with Crippen LogP contribution in [0.2, 0.25) is 0 Å². The lowest BCUT2D eigenvalue weighted by atomic mass is 10.0. The van der Waals surface area contributed by atoms with Gasteiger partial charge >= 0.3 is 0 Å². The highest BCUT2D eigenvalue weighted by atomic mass is 16.1. The first kappa shape index (κ1) is 14.4. The lowest BCUT2D eigenvalue weighted by Gasteiger charge is -2.15. The molecule has 0 fully saturated rings. The fraction of sp³-hybridized carbons (Fsp3) is 0.917. The lowest BCUT2D eigenvalue weighted by Crippen LogP contribution is -2.39. The van der Waals surface area contributed by atoms with Gasteiger partial charge in [-0.3, -0.25) is 4.79 Å². The normalized spacial score (nSPS) is 12.9. The van der Waals surface area contributed by atoms with E-state index < -0.39 is 0 Å². The fourth-order valence-corrected chi connectivity index (χ4v) is 1.40. The van der Waals surface area contributed by atoms with E-state index >= 15 is 0 Å². The van der Waals surface area contributed by atoms with Crippen molar-refractivity contribution >= 4 is 5.91 Å². The summed E-state index contributed by atoms with van der Waals surface area (Å²) in [6.07, 6.45) is 3.34. The molecule has 0 saturated carbocycles. The molecule has 0 radical (unpaired) electrons. The van der Waals surface area contributed by atoms with Crippen LogP contribution >= 0.6 is 0 Å². The van der Waals surface area contributed by atoms with E-state index in [1.165, 1.54) is 12.8 Å². The smallest absolute Gasteiger partial charge is 0.234 e. The van der Waals surface area contributed by atoms with E-state index in [4.69, 9.17) is 0 Å². The molecule has 3 heteroatoms. The van der Waals surface area contributed by atoms with Crippen LogP contribution < -0.4 is 10.6 Å². The Morgan fingerprint density at radius 3 is 2.20 bits per heavy atom. The van der Waals surface area contributed by atoms with E-state index in [-0.39, 0.29) is 11.9 Å². The van der Waals surface area contributed by atoms with Crippen LogP contribution in [0.4, 0.5) is 0 Å². The molecule has 0 aromatic heterocycles. The number of carbonyl (C=O) groups is 1. The molecule has 3 nitrogen and oxygen atoms in total. The van der Waals surface area contributed by atoms with E-state index in [1.807, 2.05) is 6.92 Å². The minimum Gasteiger partial charge on any atom is -0.353 e. The second-order valence-corrected chi connectivity index (χ2v) is 4.19. The quantitative estimate of drug-likeness (QED) is 0.648. The molecule has 1 atom stereocenters. The minimum atomic E-state index is 0.107. The Labute approximate surface area is 94.0 Å². The van der Waals surface area contributed by atoms with Crippen molar-refractivity contribution < 1.29 is 4.79 Å². The lowest BCUT2D eigenvalue weighted by molar-refractivity contribution is -0.120. The molecule has 0 rings (SSSR count). The van der Waals surface area contributed by atoms with Gasteiger partial charge in [0.2, 0.25) is 5.91 Å². The molecule has 15 heavy (non-hydrogen) atoms. The van der Waals surface area contributed by atoms with Crippen molar-refractivity contribution in [2.45, 2.75) is 53.0 Å². The molecule has 0 aliphatic heterocycles. The van der Waals surface area contributed by atoms with Crippen molar-refractivity contribution in [1.29, 1.82) is 0 Å². The average Bonchev–Trinajstić information content (AvgIpc) is 2.24. The zero-order valence-electron chi connectivity index (χ0n) is 10.6. The number of hydrogen-bond acceptors (Lipinski definition) is 2. The van der Waals surface area contributed by atoms with E-state index in [0.717, 1.165) is 13.0 Å². The molecule has 1 amide bonds. The van der Waals surface area contributed by atoms with Gasteiger partial charge in [-0.25, -0.2) is 0 Å². The van der Waals surface area contributed by atoms with Crippen LogP contribution in [-0.2, 0) is 4.79 Å². The first-order valence-electron chi connectivity index (χ1n) is 6.14. The summed E-state index contributed by atoms with van der Waals surface area (Å²) in [5.74, 6) is 0.803. The van der Waals surface area contributed by atoms with Crippen molar-refractivity contribution in [3.8, 4) is 0 Å². The highest BCUT2D eigenvalue weighted by Gasteiger charge is 2.06. The van der Waals surface area contributed by atoms with E-state index in [2.05, 4.69) is 31.4 Å². The number of hydrogen-bond donors (Lipinski definition) is 2. The highest BCUT2D eigenvalue weighted by molar-refractivity contribution is 5.78. The van der Waals surface area contributed by atoms with Gasteiger partial charge < -0.3 is 10.6 Å². The van der Waals surface area contributed by atoms with Crippen LogP contribution in [0.25, 0.3) is 0 Å². The summed E-state index contributed by atoms with van der Waals surface area (Å²) in [4.78, 5) is 11.4. The summed E-state index contributed by atoms with van der Waals surface area (Å²) in [5.41, 5.74) is 0. The number of nitrogens with one attached hydrogen (secondary N) is 2. The fourth-order valence-electron chi connectivity index (χ4n) is 1.40. The van der Waals surface area contributed by atoms with Gasteiger partial charge in [-0.05, 0) is 25.8 Å². The van der Waals surface area contributed by atoms with Crippen LogP contribution in [0.1, 0.15) is 47.0 Å². The number of rotatable bonds is 8. The third kappa shape index (κ3) is 7.37.